The van der Waals surface area contributed by atoms with Crippen molar-refractivity contribution in [2.24, 2.45) is 0 Å². The minimum Gasteiger partial charge on any atom is -0.461 e. The Morgan fingerprint density at radius 1 is 1.05 bits per heavy atom. The van der Waals surface area contributed by atoms with Crippen LogP contribution >= 0.6 is 0 Å². The van der Waals surface area contributed by atoms with Crippen LogP contribution in [-0.4, -0.2) is 62.8 Å². The minimum atomic E-state index is -0.716. The molecule has 2 atom stereocenters. The lowest BCUT2D eigenvalue weighted by atomic mass is 9.90. The summed E-state index contributed by atoms with van der Waals surface area (Å²) in [7, 11) is 0. The summed E-state index contributed by atoms with van der Waals surface area (Å²) in [6.07, 6.45) is 5.71. The average Bonchev–Trinajstić information content (AvgIpc) is 3.68. The van der Waals surface area contributed by atoms with E-state index >= 15 is 0 Å². The van der Waals surface area contributed by atoms with Crippen molar-refractivity contribution in [3.05, 3.63) is 86.5 Å². The number of Topliss-reactive ketones (excluding diaryl/α,β-unsaturated/α-hetero) is 1. The number of amides is 2. The van der Waals surface area contributed by atoms with Crippen molar-refractivity contribution in [2.45, 2.75) is 50.6 Å². The lowest BCUT2D eigenvalue weighted by molar-refractivity contribution is -0.128. The Balaban J connectivity index is 1.18. The Morgan fingerprint density at radius 3 is 2.54 bits per heavy atom. The maximum Gasteiger partial charge on any atom is 0.298 e. The largest absolute Gasteiger partial charge is 0.461 e. The van der Waals surface area contributed by atoms with E-state index in [0.29, 0.717) is 12.8 Å². The zero-order valence-electron chi connectivity index (χ0n) is 20.0. The fourth-order valence-electron chi connectivity index (χ4n) is 5.88. The van der Waals surface area contributed by atoms with Crippen LogP contribution in [0.3, 0.4) is 0 Å². The smallest absolute Gasteiger partial charge is 0.298 e. The van der Waals surface area contributed by atoms with E-state index in [4.69, 9.17) is 4.42 Å². The van der Waals surface area contributed by atoms with E-state index < -0.39 is 23.4 Å². The Hall–Kier alpha value is -4.08. The van der Waals surface area contributed by atoms with Crippen molar-refractivity contribution in [2.75, 3.05) is 13.1 Å². The van der Waals surface area contributed by atoms with Gasteiger partial charge in [-0.1, -0.05) is 6.07 Å². The predicted molar refractivity (Wildman–Crippen MR) is 129 cm³/mol. The fourth-order valence-corrected chi connectivity index (χ4v) is 5.88. The normalized spacial score (nSPS) is 20.2. The Bertz CT molecular complexity index is 1460. The molecule has 4 heterocycles. The number of ketones is 1. The number of halogens is 1. The van der Waals surface area contributed by atoms with E-state index in [1.165, 1.54) is 23.3 Å². The van der Waals surface area contributed by atoms with Gasteiger partial charge in [-0.3, -0.25) is 19.2 Å². The van der Waals surface area contributed by atoms with E-state index in [-0.39, 0.29) is 42.1 Å². The maximum absolute atomic E-state index is 14.8. The molecule has 0 radical (unpaired) electrons. The second-order valence-corrected chi connectivity index (χ2v) is 9.92. The zero-order chi connectivity index (χ0) is 25.7. The van der Waals surface area contributed by atoms with Crippen molar-refractivity contribution in [1.82, 2.24) is 20.0 Å². The lowest BCUT2D eigenvalue weighted by Gasteiger charge is -2.34. The molecule has 1 aliphatic carbocycles. The molecule has 0 unspecified atom stereocenters. The number of carbonyl (C=O) groups excluding carboxylic acids is 3. The van der Waals surface area contributed by atoms with Gasteiger partial charge in [-0.25, -0.2) is 9.49 Å². The van der Waals surface area contributed by atoms with Crippen LogP contribution in [0.1, 0.15) is 62.6 Å². The summed E-state index contributed by atoms with van der Waals surface area (Å²) in [6.45, 7) is 0.454. The number of benzene rings is 1. The van der Waals surface area contributed by atoms with Gasteiger partial charge in [0, 0.05) is 25.1 Å². The van der Waals surface area contributed by atoms with E-state index in [0.717, 1.165) is 48.1 Å². The van der Waals surface area contributed by atoms with Crippen LogP contribution in [0.25, 0.3) is 0 Å². The molecule has 2 fully saturated rings. The molecule has 1 aromatic carbocycles. The summed E-state index contributed by atoms with van der Waals surface area (Å²) in [4.78, 5) is 53.7. The van der Waals surface area contributed by atoms with Crippen LogP contribution in [-0.2, 0) is 24.1 Å². The van der Waals surface area contributed by atoms with Crippen LogP contribution < -0.4 is 5.56 Å². The van der Waals surface area contributed by atoms with Gasteiger partial charge in [-0.2, -0.15) is 5.10 Å². The molecule has 37 heavy (non-hydrogen) atoms. The third kappa shape index (κ3) is 4.06. The number of rotatable bonds is 5. The van der Waals surface area contributed by atoms with Crippen molar-refractivity contribution >= 4 is 17.6 Å². The first-order chi connectivity index (χ1) is 17.9. The molecule has 9 nitrogen and oxygen atoms in total. The Kier molecular flexibility index (Phi) is 5.73. The van der Waals surface area contributed by atoms with Crippen molar-refractivity contribution in [3.63, 3.8) is 0 Å². The fraction of sp³-hybridized carbons (Fsp3) is 0.370. The number of H-pyrrole nitrogens is 1. The minimum absolute atomic E-state index is 0.0159. The van der Waals surface area contributed by atoms with Gasteiger partial charge in [0.1, 0.15) is 5.82 Å². The Morgan fingerprint density at radius 2 is 1.81 bits per heavy atom. The monoisotopic (exact) mass is 504 g/mol. The number of hydrogen-bond acceptors (Lipinski definition) is 6. The quantitative estimate of drug-likeness (QED) is 0.421. The average molecular weight is 505 g/mol. The van der Waals surface area contributed by atoms with Gasteiger partial charge >= 0.3 is 0 Å². The van der Waals surface area contributed by atoms with Crippen molar-refractivity contribution in [3.8, 4) is 0 Å². The molecule has 0 saturated carbocycles. The number of likely N-dealkylation sites (tertiary alicyclic amines) is 2. The summed E-state index contributed by atoms with van der Waals surface area (Å²) >= 11 is 0. The molecule has 1 N–H and O–H groups in total. The molecule has 3 aromatic rings. The number of hydrogen-bond donors (Lipinski definition) is 1. The van der Waals surface area contributed by atoms with Gasteiger partial charge < -0.3 is 14.2 Å². The number of nitrogens with one attached hydrogen (secondary N) is 1. The SMILES string of the molecule is O=C(C(=O)N1C[C@@H]2C[C@H]1CN2C(=O)c1cc(Cc2n[nH]c(=O)c3c2CCCC3)ccc1F)c1ccco1. The molecule has 190 valence electrons. The molecular formula is C27H25FN4O5. The molecule has 2 bridgehead atoms. The number of aromatic nitrogens is 2. The summed E-state index contributed by atoms with van der Waals surface area (Å²) < 4.78 is 19.9. The van der Waals surface area contributed by atoms with Gasteiger partial charge in [-0.15, -0.1) is 0 Å². The number of piperazine rings is 1. The molecule has 2 aromatic heterocycles. The van der Waals surface area contributed by atoms with E-state index in [2.05, 4.69) is 10.2 Å². The summed E-state index contributed by atoms with van der Waals surface area (Å²) in [5.74, 6) is -2.44. The maximum atomic E-state index is 14.8. The number of nitrogens with zero attached hydrogens (tertiary/aromatic N) is 3. The van der Waals surface area contributed by atoms with Crippen LogP contribution in [0.15, 0.2) is 45.8 Å². The van der Waals surface area contributed by atoms with Gasteiger partial charge in [0.2, 0.25) is 0 Å². The van der Waals surface area contributed by atoms with Gasteiger partial charge in [0.05, 0.1) is 29.6 Å². The van der Waals surface area contributed by atoms with Crippen molar-refractivity contribution < 1.29 is 23.2 Å². The highest BCUT2D eigenvalue weighted by molar-refractivity contribution is 6.42. The molecule has 6 rings (SSSR count). The van der Waals surface area contributed by atoms with Crippen LogP contribution in [0, 0.1) is 5.82 Å². The molecule has 2 aliphatic heterocycles. The third-order valence-electron chi connectivity index (χ3n) is 7.72. The van der Waals surface area contributed by atoms with Crippen LogP contribution in [0.4, 0.5) is 4.39 Å². The number of aromatic amines is 1. The van der Waals surface area contributed by atoms with Crippen molar-refractivity contribution in [1.29, 1.82) is 0 Å². The van der Waals surface area contributed by atoms with Gasteiger partial charge in [0.15, 0.2) is 5.76 Å². The molecule has 2 saturated heterocycles. The van der Waals surface area contributed by atoms with E-state index in [9.17, 15) is 23.6 Å². The highest BCUT2D eigenvalue weighted by atomic mass is 19.1. The summed E-state index contributed by atoms with van der Waals surface area (Å²) in [5, 5.41) is 6.82. The third-order valence-corrected chi connectivity index (χ3v) is 7.72. The van der Waals surface area contributed by atoms with Crippen LogP contribution in [0.2, 0.25) is 0 Å². The molecular weight excluding hydrogens is 479 g/mol. The standard InChI is InChI=1S/C27H25FN4O5/c28-21-8-7-15(11-22-18-4-1-2-5-19(18)25(34)30-29-22)10-20(21)26(35)31-13-17-12-16(31)14-32(17)27(36)24(33)23-6-3-9-37-23/h3,6-10,16-17H,1-2,4-5,11-14H2,(H,30,34)/t16-,17-/m0/s1. The molecule has 2 amide bonds. The number of carbonyl (C=O) groups is 3. The first-order valence-corrected chi connectivity index (χ1v) is 12.5. The lowest BCUT2D eigenvalue weighted by Crippen LogP contribution is -2.52. The summed E-state index contributed by atoms with van der Waals surface area (Å²) in [6, 6.07) is 6.86. The van der Waals surface area contributed by atoms with Gasteiger partial charge in [-0.05, 0) is 67.5 Å². The number of furan rings is 1. The molecule has 10 heteroatoms. The predicted octanol–water partition coefficient (Wildman–Crippen LogP) is 2.28. The topological polar surface area (TPSA) is 117 Å². The van der Waals surface area contributed by atoms with Crippen LogP contribution in [0.5, 0.6) is 0 Å². The Labute approximate surface area is 211 Å². The highest BCUT2D eigenvalue weighted by Gasteiger charge is 2.49. The first-order valence-electron chi connectivity index (χ1n) is 12.5. The summed E-state index contributed by atoms with van der Waals surface area (Å²) in [5.41, 5.74) is 3.01. The van der Waals surface area contributed by atoms with E-state index in [1.54, 1.807) is 23.1 Å². The zero-order valence-corrected chi connectivity index (χ0v) is 20.0. The van der Waals surface area contributed by atoms with E-state index in [1.807, 2.05) is 0 Å². The highest BCUT2D eigenvalue weighted by Crippen LogP contribution is 2.33. The number of fused-ring (bicyclic) bond motifs is 3. The second-order valence-electron chi connectivity index (χ2n) is 9.92. The first kappa shape index (κ1) is 23.3. The second kappa shape index (κ2) is 9.10. The van der Waals surface area contributed by atoms with Gasteiger partial charge in [0.25, 0.3) is 23.2 Å². The molecule has 0 spiro atoms. The molecule has 3 aliphatic rings.